The minimum absolute atomic E-state index is 0.0706. The molecule has 0 bridgehead atoms. The monoisotopic (exact) mass is 219 g/mol. The maximum absolute atomic E-state index is 13.5. The number of pyridine rings is 1. The Hall–Kier alpha value is -1.77. The molecule has 0 spiro atoms. The maximum Gasteiger partial charge on any atom is 0.148 e. The minimum atomic E-state index is -0.601. The largest absolute Gasteiger partial charge is 0.259 e. The van der Waals surface area contributed by atoms with E-state index in [9.17, 15) is 8.78 Å². The predicted octanol–water partition coefficient (Wildman–Crippen LogP) is 3.51. The average molecular weight is 219 g/mol. The summed E-state index contributed by atoms with van der Waals surface area (Å²) in [6, 6.07) is 9.27. The highest BCUT2D eigenvalue weighted by molar-refractivity contribution is 5.31. The van der Waals surface area contributed by atoms with E-state index in [1.165, 1.54) is 0 Å². The van der Waals surface area contributed by atoms with Gasteiger partial charge in [0.25, 0.3) is 0 Å². The van der Waals surface area contributed by atoms with Gasteiger partial charge in [-0.1, -0.05) is 37.3 Å². The lowest BCUT2D eigenvalue weighted by Gasteiger charge is -2.13. The second kappa shape index (κ2) is 4.39. The lowest BCUT2D eigenvalue weighted by molar-refractivity contribution is 0.538. The van der Waals surface area contributed by atoms with E-state index in [2.05, 4.69) is 4.98 Å². The Morgan fingerprint density at radius 2 is 1.56 bits per heavy atom. The van der Waals surface area contributed by atoms with Gasteiger partial charge in [0.1, 0.15) is 11.6 Å². The van der Waals surface area contributed by atoms with Crippen molar-refractivity contribution in [3.05, 3.63) is 65.5 Å². The number of hydrogen-bond acceptors (Lipinski definition) is 1. The molecule has 0 aliphatic rings. The van der Waals surface area contributed by atoms with Crippen LogP contribution in [0.3, 0.4) is 0 Å². The van der Waals surface area contributed by atoms with E-state index < -0.39 is 11.6 Å². The fourth-order valence-corrected chi connectivity index (χ4v) is 1.74. The van der Waals surface area contributed by atoms with Crippen LogP contribution in [0.15, 0.2) is 42.7 Å². The van der Waals surface area contributed by atoms with Crippen molar-refractivity contribution in [3.8, 4) is 0 Å². The zero-order valence-electron chi connectivity index (χ0n) is 8.82. The van der Waals surface area contributed by atoms with E-state index in [4.69, 9.17) is 0 Å². The van der Waals surface area contributed by atoms with Crippen LogP contribution in [-0.2, 0) is 0 Å². The van der Waals surface area contributed by atoms with Gasteiger partial charge in [0, 0.05) is 11.5 Å². The molecule has 0 aliphatic heterocycles. The van der Waals surface area contributed by atoms with E-state index >= 15 is 0 Å². The van der Waals surface area contributed by atoms with Crippen LogP contribution in [-0.4, -0.2) is 4.98 Å². The van der Waals surface area contributed by atoms with Gasteiger partial charge in [-0.3, -0.25) is 4.98 Å². The van der Waals surface area contributed by atoms with Crippen LogP contribution in [0.25, 0.3) is 0 Å². The molecular weight excluding hydrogens is 208 g/mol. The highest BCUT2D eigenvalue weighted by Gasteiger charge is 2.17. The van der Waals surface area contributed by atoms with Gasteiger partial charge in [0.2, 0.25) is 0 Å². The summed E-state index contributed by atoms with van der Waals surface area (Å²) >= 11 is 0. The first-order valence-electron chi connectivity index (χ1n) is 5.04. The van der Waals surface area contributed by atoms with E-state index in [1.807, 2.05) is 30.3 Å². The maximum atomic E-state index is 13.5. The number of benzene rings is 1. The second-order valence-corrected chi connectivity index (χ2v) is 3.65. The summed E-state index contributed by atoms with van der Waals surface area (Å²) in [7, 11) is 0. The summed E-state index contributed by atoms with van der Waals surface area (Å²) in [6.45, 7) is 1.77. The van der Waals surface area contributed by atoms with Gasteiger partial charge < -0.3 is 0 Å². The standard InChI is InChI=1S/C13H11F2N/c1-9(10-5-3-2-4-6-10)13-11(14)7-16-8-12(13)15/h2-9H,1H3. The second-order valence-electron chi connectivity index (χ2n) is 3.65. The quantitative estimate of drug-likeness (QED) is 0.753. The lowest BCUT2D eigenvalue weighted by atomic mass is 9.93. The van der Waals surface area contributed by atoms with Crippen molar-refractivity contribution in [1.82, 2.24) is 4.98 Å². The number of nitrogens with zero attached hydrogens (tertiary/aromatic N) is 1. The zero-order chi connectivity index (χ0) is 11.5. The summed E-state index contributed by atoms with van der Waals surface area (Å²) in [5, 5.41) is 0. The molecule has 0 saturated heterocycles. The summed E-state index contributed by atoms with van der Waals surface area (Å²) < 4.78 is 27.0. The molecule has 0 N–H and O–H groups in total. The van der Waals surface area contributed by atoms with Crippen molar-refractivity contribution in [2.45, 2.75) is 12.8 Å². The third kappa shape index (κ3) is 1.94. The van der Waals surface area contributed by atoms with Crippen molar-refractivity contribution < 1.29 is 8.78 Å². The van der Waals surface area contributed by atoms with Crippen LogP contribution in [0.4, 0.5) is 8.78 Å². The molecule has 1 heterocycles. The van der Waals surface area contributed by atoms with Gasteiger partial charge in [-0.2, -0.15) is 0 Å². The van der Waals surface area contributed by atoms with Crippen LogP contribution in [0.1, 0.15) is 24.0 Å². The topological polar surface area (TPSA) is 12.9 Å². The summed E-state index contributed by atoms with van der Waals surface area (Å²) in [5.41, 5.74) is 0.952. The van der Waals surface area contributed by atoms with Gasteiger partial charge in [0.15, 0.2) is 0 Å². The highest BCUT2D eigenvalue weighted by Crippen LogP contribution is 2.27. The molecule has 1 aromatic carbocycles. The Morgan fingerprint density at radius 3 is 2.12 bits per heavy atom. The number of hydrogen-bond donors (Lipinski definition) is 0. The normalized spacial score (nSPS) is 12.4. The van der Waals surface area contributed by atoms with Gasteiger partial charge >= 0.3 is 0 Å². The third-order valence-corrected chi connectivity index (χ3v) is 2.62. The number of rotatable bonds is 2. The smallest absolute Gasteiger partial charge is 0.148 e. The highest BCUT2D eigenvalue weighted by atomic mass is 19.1. The SMILES string of the molecule is CC(c1ccccc1)c1c(F)cncc1F. The molecule has 2 aromatic rings. The molecule has 82 valence electrons. The molecule has 0 amide bonds. The molecular formula is C13H11F2N. The number of halogens is 2. The van der Waals surface area contributed by atoms with Crippen molar-refractivity contribution in [2.24, 2.45) is 0 Å². The van der Waals surface area contributed by atoms with Crippen molar-refractivity contribution in [2.75, 3.05) is 0 Å². The first-order chi connectivity index (χ1) is 7.70. The Balaban J connectivity index is 2.46. The molecule has 0 fully saturated rings. The third-order valence-electron chi connectivity index (χ3n) is 2.62. The predicted molar refractivity (Wildman–Crippen MR) is 58.1 cm³/mol. The van der Waals surface area contributed by atoms with Crippen LogP contribution < -0.4 is 0 Å². The fraction of sp³-hybridized carbons (Fsp3) is 0.154. The lowest BCUT2D eigenvalue weighted by Crippen LogP contribution is -2.03. The molecule has 0 saturated carbocycles. The molecule has 3 heteroatoms. The first kappa shape index (κ1) is 10.7. The minimum Gasteiger partial charge on any atom is -0.259 e. The van der Waals surface area contributed by atoms with Crippen LogP contribution in [0.2, 0.25) is 0 Å². The van der Waals surface area contributed by atoms with Gasteiger partial charge in [0.05, 0.1) is 12.4 Å². The van der Waals surface area contributed by atoms with Crippen molar-refractivity contribution >= 4 is 0 Å². The van der Waals surface area contributed by atoms with Gasteiger partial charge in [-0.15, -0.1) is 0 Å². The molecule has 0 radical (unpaired) electrons. The van der Waals surface area contributed by atoms with Crippen LogP contribution in [0, 0.1) is 11.6 Å². The molecule has 2 rings (SSSR count). The molecule has 1 unspecified atom stereocenters. The summed E-state index contributed by atoms with van der Waals surface area (Å²) in [6.07, 6.45) is 2.08. The fourth-order valence-electron chi connectivity index (χ4n) is 1.74. The summed E-state index contributed by atoms with van der Waals surface area (Å²) in [5.74, 6) is -1.52. The molecule has 1 atom stereocenters. The van der Waals surface area contributed by atoms with Crippen molar-refractivity contribution in [1.29, 1.82) is 0 Å². The Morgan fingerprint density at radius 1 is 1.00 bits per heavy atom. The molecule has 1 aromatic heterocycles. The Labute approximate surface area is 92.8 Å². The first-order valence-corrected chi connectivity index (χ1v) is 5.04. The van der Waals surface area contributed by atoms with E-state index in [-0.39, 0.29) is 11.5 Å². The Bertz CT molecular complexity index is 462. The van der Waals surface area contributed by atoms with Gasteiger partial charge in [-0.05, 0) is 5.56 Å². The molecule has 16 heavy (non-hydrogen) atoms. The van der Waals surface area contributed by atoms with Crippen molar-refractivity contribution in [3.63, 3.8) is 0 Å². The molecule has 0 aliphatic carbocycles. The summed E-state index contributed by atoms with van der Waals surface area (Å²) in [4.78, 5) is 3.47. The van der Waals surface area contributed by atoms with E-state index in [1.54, 1.807) is 6.92 Å². The van der Waals surface area contributed by atoms with Crippen LogP contribution in [0.5, 0.6) is 0 Å². The molecule has 1 nitrogen and oxygen atoms in total. The van der Waals surface area contributed by atoms with Gasteiger partial charge in [-0.25, -0.2) is 8.78 Å². The number of aromatic nitrogens is 1. The van der Waals surface area contributed by atoms with E-state index in [0.717, 1.165) is 18.0 Å². The average Bonchev–Trinajstić information content (AvgIpc) is 2.30. The van der Waals surface area contributed by atoms with Crippen LogP contribution >= 0.6 is 0 Å². The Kier molecular flexibility index (Phi) is 2.95. The van der Waals surface area contributed by atoms with E-state index in [0.29, 0.717) is 0 Å². The zero-order valence-corrected chi connectivity index (χ0v) is 8.82.